The van der Waals surface area contributed by atoms with Crippen LogP contribution in [0.5, 0.6) is 0 Å². The molecule has 1 aliphatic heterocycles. The van der Waals surface area contributed by atoms with Gasteiger partial charge in [0.25, 0.3) is 0 Å². The molecular formula is C22H25FN4. The van der Waals surface area contributed by atoms with Crippen LogP contribution in [0.2, 0.25) is 0 Å². The summed E-state index contributed by atoms with van der Waals surface area (Å²) in [4.78, 5) is 4.22. The molecule has 27 heavy (non-hydrogen) atoms. The van der Waals surface area contributed by atoms with Crippen molar-refractivity contribution in [3.8, 4) is 11.1 Å². The number of nitrogens with one attached hydrogen (secondary N) is 2. The van der Waals surface area contributed by atoms with Gasteiger partial charge in [-0.15, -0.1) is 0 Å². The Morgan fingerprint density at radius 3 is 2.96 bits per heavy atom. The Bertz CT molecular complexity index is 944. The second kappa shape index (κ2) is 7.53. The topological polar surface area (TPSA) is 63.0 Å². The van der Waals surface area contributed by atoms with Gasteiger partial charge < -0.3 is 16.4 Å². The average molecular weight is 364 g/mol. The van der Waals surface area contributed by atoms with E-state index in [1.54, 1.807) is 12.3 Å². The van der Waals surface area contributed by atoms with E-state index in [-0.39, 0.29) is 5.82 Å². The molecule has 0 unspecified atom stereocenters. The van der Waals surface area contributed by atoms with E-state index < -0.39 is 0 Å². The highest BCUT2D eigenvalue weighted by Gasteiger charge is 2.15. The Morgan fingerprint density at radius 1 is 1.30 bits per heavy atom. The van der Waals surface area contributed by atoms with Crippen molar-refractivity contribution < 1.29 is 4.39 Å². The average Bonchev–Trinajstić information content (AvgIpc) is 2.67. The van der Waals surface area contributed by atoms with Gasteiger partial charge >= 0.3 is 0 Å². The van der Waals surface area contributed by atoms with E-state index in [2.05, 4.69) is 15.6 Å². The summed E-state index contributed by atoms with van der Waals surface area (Å²) < 4.78 is 14.5. The van der Waals surface area contributed by atoms with Gasteiger partial charge in [-0.3, -0.25) is 0 Å². The predicted molar refractivity (Wildman–Crippen MR) is 110 cm³/mol. The Hall–Kier alpha value is -2.66. The largest absolute Gasteiger partial charge is 0.384 e. The number of hydrogen-bond acceptors (Lipinski definition) is 4. The van der Waals surface area contributed by atoms with E-state index in [4.69, 9.17) is 5.73 Å². The van der Waals surface area contributed by atoms with Gasteiger partial charge in [0.05, 0.1) is 0 Å². The molecule has 0 bridgehead atoms. The van der Waals surface area contributed by atoms with Crippen LogP contribution >= 0.6 is 0 Å². The fraction of sp³-hybridized carbons (Fsp3) is 0.318. The summed E-state index contributed by atoms with van der Waals surface area (Å²) in [6.07, 6.45) is 4.18. The first-order valence-corrected chi connectivity index (χ1v) is 9.51. The summed E-state index contributed by atoms with van der Waals surface area (Å²) in [6.45, 7) is 4.94. The molecule has 140 valence electrons. The number of halogens is 1. The molecule has 0 spiro atoms. The molecule has 2 heterocycles. The molecule has 1 atom stereocenters. The summed E-state index contributed by atoms with van der Waals surface area (Å²) in [5, 5.41) is 9.01. The zero-order chi connectivity index (χ0) is 18.8. The predicted octanol–water partition coefficient (Wildman–Crippen LogP) is 4.34. The summed E-state index contributed by atoms with van der Waals surface area (Å²) in [5.41, 5.74) is 9.31. The van der Waals surface area contributed by atoms with Crippen LogP contribution in [0, 0.1) is 18.7 Å². The Labute approximate surface area is 159 Å². The van der Waals surface area contributed by atoms with Gasteiger partial charge in [0, 0.05) is 34.8 Å². The van der Waals surface area contributed by atoms with Crippen molar-refractivity contribution in [2.45, 2.75) is 19.8 Å². The first kappa shape index (κ1) is 17.7. The van der Waals surface area contributed by atoms with Gasteiger partial charge in [-0.05, 0) is 74.2 Å². The third kappa shape index (κ3) is 3.74. The molecule has 0 amide bonds. The highest BCUT2D eigenvalue weighted by atomic mass is 19.1. The lowest BCUT2D eigenvalue weighted by atomic mass is 9.96. The number of benzene rings is 2. The van der Waals surface area contributed by atoms with Crippen molar-refractivity contribution in [1.29, 1.82) is 0 Å². The highest BCUT2D eigenvalue weighted by molar-refractivity contribution is 5.98. The van der Waals surface area contributed by atoms with Crippen molar-refractivity contribution >= 4 is 22.3 Å². The molecule has 1 aromatic heterocycles. The van der Waals surface area contributed by atoms with Crippen molar-refractivity contribution in [3.63, 3.8) is 0 Å². The summed E-state index contributed by atoms with van der Waals surface area (Å²) >= 11 is 0. The van der Waals surface area contributed by atoms with Gasteiger partial charge in [-0.1, -0.05) is 12.1 Å². The van der Waals surface area contributed by atoms with Crippen molar-refractivity contribution in [2.24, 2.45) is 5.92 Å². The smallest absolute Gasteiger partial charge is 0.131 e. The van der Waals surface area contributed by atoms with Gasteiger partial charge in [0.2, 0.25) is 0 Å². The lowest BCUT2D eigenvalue weighted by Gasteiger charge is -2.24. The number of aromatic nitrogens is 1. The maximum atomic E-state index is 14.5. The number of anilines is 2. The number of rotatable bonds is 4. The molecule has 1 saturated heterocycles. The first-order chi connectivity index (χ1) is 13.1. The fourth-order valence-corrected chi connectivity index (χ4v) is 3.91. The van der Waals surface area contributed by atoms with E-state index in [1.165, 1.54) is 18.9 Å². The number of nitrogens with two attached hydrogens (primary N) is 1. The second-order valence-electron chi connectivity index (χ2n) is 7.38. The molecule has 0 aliphatic carbocycles. The molecule has 2 aromatic carbocycles. The molecule has 4 N–H and O–H groups in total. The minimum atomic E-state index is -0.208. The van der Waals surface area contributed by atoms with Gasteiger partial charge in [-0.25, -0.2) is 9.37 Å². The summed E-state index contributed by atoms with van der Waals surface area (Å²) in [7, 11) is 0. The molecule has 0 radical (unpaired) electrons. The fourth-order valence-electron chi connectivity index (χ4n) is 3.91. The number of aryl methyl sites for hydroxylation is 1. The van der Waals surface area contributed by atoms with E-state index in [9.17, 15) is 4.39 Å². The number of hydrogen-bond donors (Lipinski definition) is 3. The highest BCUT2D eigenvalue weighted by Crippen LogP contribution is 2.34. The lowest BCUT2D eigenvalue weighted by Crippen LogP contribution is -2.33. The molecule has 1 fully saturated rings. The zero-order valence-electron chi connectivity index (χ0n) is 15.6. The number of fused-ring (bicyclic) bond motifs is 1. The Kier molecular flexibility index (Phi) is 4.94. The molecular weight excluding hydrogens is 339 g/mol. The van der Waals surface area contributed by atoms with Crippen LogP contribution in [-0.2, 0) is 0 Å². The van der Waals surface area contributed by atoms with Gasteiger partial charge in [-0.2, -0.15) is 0 Å². The number of nitrogens with zero attached hydrogens (tertiary/aromatic N) is 1. The molecule has 4 nitrogen and oxygen atoms in total. The Morgan fingerprint density at radius 2 is 2.19 bits per heavy atom. The van der Waals surface area contributed by atoms with Crippen LogP contribution in [0.1, 0.15) is 18.4 Å². The zero-order valence-corrected chi connectivity index (χ0v) is 15.6. The maximum Gasteiger partial charge on any atom is 0.131 e. The normalized spacial score (nSPS) is 17.2. The monoisotopic (exact) mass is 364 g/mol. The standard InChI is InChI=1S/C22H25FN4/c1-14-4-2-6-19(23)22(14)16-8-17-13-27-21(24)10-18(17)20(9-16)26-12-15-5-3-7-25-11-15/h2,4,6,8-10,13,15,25-26H,3,5,7,11-12H2,1H3,(H2,24,27)/t15-/m1/s1. The molecule has 4 rings (SSSR count). The summed E-state index contributed by atoms with van der Waals surface area (Å²) in [5.74, 6) is 0.867. The first-order valence-electron chi connectivity index (χ1n) is 9.51. The quantitative estimate of drug-likeness (QED) is 0.644. The van der Waals surface area contributed by atoms with Crippen molar-refractivity contribution in [1.82, 2.24) is 10.3 Å². The molecule has 1 aliphatic rings. The van der Waals surface area contributed by atoms with Crippen molar-refractivity contribution in [3.05, 3.63) is 54.0 Å². The number of nitrogen functional groups attached to an aromatic ring is 1. The SMILES string of the molecule is Cc1cccc(F)c1-c1cc(NC[C@@H]2CCCNC2)c2cc(N)ncc2c1. The van der Waals surface area contributed by atoms with Crippen LogP contribution in [-0.4, -0.2) is 24.6 Å². The third-order valence-electron chi connectivity index (χ3n) is 5.35. The van der Waals surface area contributed by atoms with Crippen LogP contribution in [0.3, 0.4) is 0 Å². The van der Waals surface area contributed by atoms with Gasteiger partial charge in [0.1, 0.15) is 11.6 Å². The Balaban J connectivity index is 1.76. The second-order valence-corrected chi connectivity index (χ2v) is 7.38. The minimum absolute atomic E-state index is 0.208. The van der Waals surface area contributed by atoms with Crippen LogP contribution in [0.4, 0.5) is 15.9 Å². The van der Waals surface area contributed by atoms with E-state index >= 15 is 0 Å². The van der Waals surface area contributed by atoms with Crippen LogP contribution < -0.4 is 16.4 Å². The van der Waals surface area contributed by atoms with Gasteiger partial charge in [0.15, 0.2) is 0 Å². The molecule has 3 aromatic rings. The summed E-state index contributed by atoms with van der Waals surface area (Å²) in [6, 6.07) is 11.1. The molecule has 5 heteroatoms. The lowest BCUT2D eigenvalue weighted by molar-refractivity contribution is 0.393. The molecule has 0 saturated carbocycles. The van der Waals surface area contributed by atoms with E-state index in [0.717, 1.165) is 47.2 Å². The third-order valence-corrected chi connectivity index (χ3v) is 5.35. The van der Waals surface area contributed by atoms with E-state index in [1.807, 2.05) is 31.2 Å². The van der Waals surface area contributed by atoms with Crippen LogP contribution in [0.25, 0.3) is 21.9 Å². The number of piperidine rings is 1. The van der Waals surface area contributed by atoms with Crippen molar-refractivity contribution in [2.75, 3.05) is 30.7 Å². The number of pyridine rings is 1. The maximum absolute atomic E-state index is 14.5. The minimum Gasteiger partial charge on any atom is -0.384 e. The van der Waals surface area contributed by atoms with E-state index in [0.29, 0.717) is 17.3 Å². The van der Waals surface area contributed by atoms with Crippen LogP contribution in [0.15, 0.2) is 42.6 Å².